The number of thiophene rings is 1. The molecule has 0 amide bonds. The van der Waals surface area contributed by atoms with E-state index >= 15 is 0 Å². The van der Waals surface area contributed by atoms with Crippen molar-refractivity contribution >= 4 is 17.3 Å². The van der Waals surface area contributed by atoms with E-state index in [9.17, 15) is 0 Å². The predicted molar refractivity (Wildman–Crippen MR) is 82.2 cm³/mol. The molecule has 4 N–H and O–H groups in total. The molecule has 1 aromatic rings. The van der Waals surface area contributed by atoms with Crippen LogP contribution in [0.2, 0.25) is 0 Å². The van der Waals surface area contributed by atoms with Gasteiger partial charge in [0.1, 0.15) is 0 Å². The number of rotatable bonds is 4. The highest BCUT2D eigenvalue weighted by molar-refractivity contribution is 7.11. The topological polar surface area (TPSA) is 62.4 Å². The first-order valence-corrected chi connectivity index (χ1v) is 7.98. The molecule has 1 aromatic heterocycles. The Morgan fingerprint density at radius 3 is 2.68 bits per heavy atom. The van der Waals surface area contributed by atoms with Gasteiger partial charge in [0, 0.05) is 15.8 Å². The van der Waals surface area contributed by atoms with Crippen LogP contribution in [0, 0.1) is 0 Å². The first kappa shape index (κ1) is 14.3. The molecule has 106 valence electrons. The summed E-state index contributed by atoms with van der Waals surface area (Å²) in [6.45, 7) is 2.88. The highest BCUT2D eigenvalue weighted by atomic mass is 32.1. The lowest BCUT2D eigenvalue weighted by Crippen LogP contribution is -2.47. The Morgan fingerprint density at radius 1 is 1.32 bits per heavy atom. The second-order valence-electron chi connectivity index (χ2n) is 5.01. The van der Waals surface area contributed by atoms with E-state index in [-0.39, 0.29) is 0 Å². The summed E-state index contributed by atoms with van der Waals surface area (Å²) in [4.78, 5) is 7.23. The number of guanidine groups is 1. The van der Waals surface area contributed by atoms with Gasteiger partial charge >= 0.3 is 0 Å². The molecule has 1 aliphatic rings. The zero-order valence-electron chi connectivity index (χ0n) is 11.6. The fourth-order valence-corrected chi connectivity index (χ4v) is 3.31. The minimum Gasteiger partial charge on any atom is -0.353 e. The molecular weight excluding hydrogens is 256 g/mol. The molecule has 0 spiro atoms. The summed E-state index contributed by atoms with van der Waals surface area (Å²) in [6.07, 6.45) is 7.51. The lowest BCUT2D eigenvalue weighted by atomic mass is 9.96. The van der Waals surface area contributed by atoms with Crippen LogP contribution >= 0.6 is 11.3 Å². The van der Waals surface area contributed by atoms with Gasteiger partial charge in [-0.15, -0.1) is 11.3 Å². The molecule has 0 radical (unpaired) electrons. The van der Waals surface area contributed by atoms with E-state index in [1.54, 1.807) is 0 Å². The van der Waals surface area contributed by atoms with E-state index in [2.05, 4.69) is 34.8 Å². The van der Waals surface area contributed by atoms with Gasteiger partial charge in [-0.2, -0.15) is 0 Å². The van der Waals surface area contributed by atoms with Gasteiger partial charge in [-0.05, 0) is 31.4 Å². The fraction of sp³-hybridized carbons (Fsp3) is 0.643. The molecule has 1 heterocycles. The van der Waals surface area contributed by atoms with Crippen LogP contribution in [0.25, 0.3) is 0 Å². The molecule has 1 fully saturated rings. The van der Waals surface area contributed by atoms with Crippen molar-refractivity contribution < 1.29 is 0 Å². The maximum atomic E-state index is 5.55. The van der Waals surface area contributed by atoms with Crippen molar-refractivity contribution in [3.05, 3.63) is 21.9 Å². The van der Waals surface area contributed by atoms with Crippen LogP contribution in [0.3, 0.4) is 0 Å². The molecule has 0 aliphatic heterocycles. The monoisotopic (exact) mass is 280 g/mol. The minimum absolute atomic E-state index is 0.526. The predicted octanol–water partition coefficient (Wildman–Crippen LogP) is 2.55. The smallest absolute Gasteiger partial charge is 0.206 e. The van der Waals surface area contributed by atoms with Gasteiger partial charge in [-0.1, -0.05) is 26.2 Å². The summed E-state index contributed by atoms with van der Waals surface area (Å²) in [5, 5.41) is 3.42. The Hall–Kier alpha value is -1.07. The molecular formula is C14H24N4S. The average Bonchev–Trinajstić information content (AvgIpc) is 2.92. The van der Waals surface area contributed by atoms with E-state index in [0.29, 0.717) is 12.6 Å². The summed E-state index contributed by atoms with van der Waals surface area (Å²) in [5.74, 6) is 6.27. The highest BCUT2D eigenvalue weighted by Crippen LogP contribution is 2.18. The molecule has 19 heavy (non-hydrogen) atoms. The van der Waals surface area contributed by atoms with Gasteiger partial charge in [-0.25, -0.2) is 10.8 Å². The summed E-state index contributed by atoms with van der Waals surface area (Å²) >= 11 is 1.83. The third-order valence-corrected chi connectivity index (χ3v) is 4.76. The van der Waals surface area contributed by atoms with E-state index in [0.717, 1.165) is 12.4 Å². The third kappa shape index (κ3) is 4.51. The van der Waals surface area contributed by atoms with Gasteiger partial charge in [0.2, 0.25) is 5.96 Å². The molecule has 0 saturated heterocycles. The maximum Gasteiger partial charge on any atom is 0.206 e. The van der Waals surface area contributed by atoms with Crippen LogP contribution in [0.1, 0.15) is 48.8 Å². The average molecular weight is 280 g/mol. The Kier molecular flexibility index (Phi) is 5.66. The number of hydrazine groups is 1. The number of nitrogens with zero attached hydrogens (tertiary/aromatic N) is 1. The van der Waals surface area contributed by atoms with Crippen LogP contribution in [0.15, 0.2) is 17.1 Å². The van der Waals surface area contributed by atoms with Crippen LogP contribution in [0.4, 0.5) is 0 Å². The van der Waals surface area contributed by atoms with Crippen molar-refractivity contribution in [2.45, 2.75) is 58.0 Å². The van der Waals surface area contributed by atoms with Gasteiger partial charge in [0.05, 0.1) is 6.54 Å². The molecule has 2 rings (SSSR count). The minimum atomic E-state index is 0.526. The SMILES string of the molecule is CCc1ccc(CN=C(NN)NC2CCCCC2)s1. The molecule has 4 nitrogen and oxygen atoms in total. The maximum absolute atomic E-state index is 5.55. The zero-order valence-corrected chi connectivity index (χ0v) is 12.4. The zero-order chi connectivity index (χ0) is 13.5. The third-order valence-electron chi connectivity index (χ3n) is 3.54. The number of nitrogens with two attached hydrogens (primary N) is 1. The second-order valence-corrected chi connectivity index (χ2v) is 6.26. The first-order valence-electron chi connectivity index (χ1n) is 7.17. The molecule has 0 atom stereocenters. The largest absolute Gasteiger partial charge is 0.353 e. The molecule has 1 saturated carbocycles. The van der Waals surface area contributed by atoms with Crippen LogP contribution in [-0.2, 0) is 13.0 Å². The van der Waals surface area contributed by atoms with Gasteiger partial charge < -0.3 is 5.32 Å². The second kappa shape index (κ2) is 7.50. The van der Waals surface area contributed by atoms with E-state index in [1.807, 2.05) is 11.3 Å². The standard InChI is InChI=1S/C14H24N4S/c1-2-12-8-9-13(19-12)10-16-14(18-15)17-11-6-4-3-5-7-11/h8-9,11H,2-7,10,15H2,1H3,(H2,16,17,18). The van der Waals surface area contributed by atoms with Gasteiger partial charge in [0.25, 0.3) is 0 Å². The number of nitrogens with one attached hydrogen (secondary N) is 2. The molecule has 0 aromatic carbocycles. The summed E-state index contributed by atoms with van der Waals surface area (Å²) in [7, 11) is 0. The van der Waals surface area contributed by atoms with E-state index in [4.69, 9.17) is 5.84 Å². The van der Waals surface area contributed by atoms with E-state index in [1.165, 1.54) is 41.9 Å². The quantitative estimate of drug-likeness (QED) is 0.344. The van der Waals surface area contributed by atoms with Crippen molar-refractivity contribution in [2.24, 2.45) is 10.8 Å². The summed E-state index contributed by atoms with van der Waals surface area (Å²) < 4.78 is 0. The normalized spacial score (nSPS) is 17.5. The highest BCUT2D eigenvalue weighted by Gasteiger charge is 2.14. The lowest BCUT2D eigenvalue weighted by Gasteiger charge is -2.24. The molecule has 1 aliphatic carbocycles. The Labute approximate surface area is 119 Å². The molecule has 5 heteroatoms. The first-order chi connectivity index (χ1) is 9.31. The van der Waals surface area contributed by atoms with Crippen LogP contribution in [0.5, 0.6) is 0 Å². The van der Waals surface area contributed by atoms with E-state index < -0.39 is 0 Å². The lowest BCUT2D eigenvalue weighted by molar-refractivity contribution is 0.410. The van der Waals surface area contributed by atoms with Crippen molar-refractivity contribution in [1.82, 2.24) is 10.7 Å². The Balaban J connectivity index is 1.87. The Bertz CT molecular complexity index is 407. The van der Waals surface area contributed by atoms with Crippen LogP contribution < -0.4 is 16.6 Å². The summed E-state index contributed by atoms with van der Waals surface area (Å²) in [6, 6.07) is 4.86. The fourth-order valence-electron chi connectivity index (χ4n) is 2.43. The summed E-state index contributed by atoms with van der Waals surface area (Å²) in [5.41, 5.74) is 2.68. The van der Waals surface area contributed by atoms with Crippen molar-refractivity contribution in [1.29, 1.82) is 0 Å². The van der Waals surface area contributed by atoms with Gasteiger partial charge in [0.15, 0.2) is 0 Å². The van der Waals surface area contributed by atoms with Crippen molar-refractivity contribution in [3.63, 3.8) is 0 Å². The van der Waals surface area contributed by atoms with Crippen LogP contribution in [-0.4, -0.2) is 12.0 Å². The van der Waals surface area contributed by atoms with Crippen molar-refractivity contribution in [2.75, 3.05) is 0 Å². The number of hydrogen-bond donors (Lipinski definition) is 3. The number of hydrogen-bond acceptors (Lipinski definition) is 3. The van der Waals surface area contributed by atoms with Crippen molar-refractivity contribution in [3.8, 4) is 0 Å². The number of aliphatic imine (C=N–C) groups is 1. The molecule has 0 bridgehead atoms. The van der Waals surface area contributed by atoms with Gasteiger partial charge in [-0.3, -0.25) is 5.43 Å². The molecule has 0 unspecified atom stereocenters. The number of aryl methyl sites for hydroxylation is 1. The Morgan fingerprint density at radius 2 is 2.05 bits per heavy atom.